The molecule has 1 heterocycles. The van der Waals surface area contributed by atoms with Crippen molar-refractivity contribution in [2.24, 2.45) is 0 Å². The average Bonchev–Trinajstić information content (AvgIpc) is 2.33. The van der Waals surface area contributed by atoms with Crippen LogP contribution in [0.5, 0.6) is 0 Å². The third kappa shape index (κ3) is 5.04. The first-order chi connectivity index (χ1) is 9.23. The summed E-state index contributed by atoms with van der Waals surface area (Å²) in [4.78, 5) is 26.1. The average molecular weight is 299 g/mol. The fourth-order valence-corrected chi connectivity index (χ4v) is 2.08. The molecule has 0 atom stereocenters. The molecule has 1 rings (SSSR count). The molecule has 7 nitrogen and oxygen atoms in total. The molecule has 0 aromatic carbocycles. The van der Waals surface area contributed by atoms with Crippen molar-refractivity contribution in [3.05, 3.63) is 22.2 Å². The summed E-state index contributed by atoms with van der Waals surface area (Å²) in [6.07, 6.45) is 0. The first-order valence-corrected chi connectivity index (χ1v) is 6.89. The van der Waals surface area contributed by atoms with Crippen LogP contribution in [0.2, 0.25) is 0 Å². The van der Waals surface area contributed by atoms with Crippen molar-refractivity contribution in [2.45, 2.75) is 31.4 Å². The van der Waals surface area contributed by atoms with Crippen molar-refractivity contribution in [1.29, 1.82) is 0 Å². The number of hydrogen-bond acceptors (Lipinski definition) is 7. The zero-order valence-corrected chi connectivity index (χ0v) is 12.6. The summed E-state index contributed by atoms with van der Waals surface area (Å²) in [7, 11) is 1.66. The van der Waals surface area contributed by atoms with Crippen LogP contribution >= 0.6 is 11.8 Å². The highest BCUT2D eigenvalue weighted by atomic mass is 32.2. The molecule has 1 N–H and O–H groups in total. The molecule has 0 spiro atoms. The van der Waals surface area contributed by atoms with Crippen molar-refractivity contribution < 1.29 is 14.5 Å². The third-order valence-corrected chi connectivity index (χ3v) is 2.99. The molecular weight excluding hydrogens is 282 g/mol. The molecule has 0 aliphatic rings. The van der Waals surface area contributed by atoms with Crippen LogP contribution in [0, 0.1) is 10.1 Å². The van der Waals surface area contributed by atoms with E-state index in [4.69, 9.17) is 4.74 Å². The topological polar surface area (TPSA) is 94.4 Å². The lowest BCUT2D eigenvalue weighted by atomic mass is 10.2. The van der Waals surface area contributed by atoms with Gasteiger partial charge in [0.1, 0.15) is 11.4 Å². The molecule has 20 heavy (non-hydrogen) atoms. The maximum Gasteiger partial charge on any atom is 0.316 e. The molecule has 0 aliphatic carbocycles. The molecule has 1 aromatic rings. The lowest BCUT2D eigenvalue weighted by molar-refractivity contribution is -0.388. The number of ether oxygens (including phenoxy) is 1. The Hall–Kier alpha value is -1.83. The van der Waals surface area contributed by atoms with E-state index in [9.17, 15) is 14.9 Å². The number of carbonyl (C=O) groups is 1. The number of nitrogens with zero attached hydrogens (tertiary/aromatic N) is 2. The number of nitro groups is 1. The number of pyridine rings is 1. The lowest BCUT2D eigenvalue weighted by Crippen LogP contribution is -2.25. The summed E-state index contributed by atoms with van der Waals surface area (Å²) in [5.41, 5.74) is -0.707. The molecule has 0 amide bonds. The summed E-state index contributed by atoms with van der Waals surface area (Å²) >= 11 is 0.986. The van der Waals surface area contributed by atoms with Gasteiger partial charge in [0.15, 0.2) is 5.03 Å². The fourth-order valence-electron chi connectivity index (χ4n) is 1.32. The summed E-state index contributed by atoms with van der Waals surface area (Å²) in [5.74, 6) is 0.0360. The summed E-state index contributed by atoms with van der Waals surface area (Å²) < 4.78 is 5.14. The number of nitrogens with one attached hydrogen (secondary N) is 1. The largest absolute Gasteiger partial charge is 0.459 e. The van der Waals surface area contributed by atoms with Crippen LogP contribution in [0.1, 0.15) is 20.8 Å². The second-order valence-electron chi connectivity index (χ2n) is 4.90. The van der Waals surface area contributed by atoms with Gasteiger partial charge in [-0.2, -0.15) is 0 Å². The Morgan fingerprint density at radius 2 is 2.15 bits per heavy atom. The van der Waals surface area contributed by atoms with Crippen LogP contribution in [0.15, 0.2) is 17.2 Å². The molecule has 0 saturated carbocycles. The molecule has 0 bridgehead atoms. The maximum atomic E-state index is 11.6. The quantitative estimate of drug-likeness (QED) is 0.386. The smallest absolute Gasteiger partial charge is 0.316 e. The minimum absolute atomic E-state index is 0.0295. The van der Waals surface area contributed by atoms with Crippen molar-refractivity contribution in [2.75, 3.05) is 18.1 Å². The molecule has 0 saturated heterocycles. The Balaban J connectivity index is 2.80. The van der Waals surface area contributed by atoms with Gasteiger partial charge in [-0.1, -0.05) is 11.8 Å². The van der Waals surface area contributed by atoms with Gasteiger partial charge in [0.05, 0.1) is 10.7 Å². The molecule has 0 aliphatic heterocycles. The van der Waals surface area contributed by atoms with Crippen molar-refractivity contribution in [3.8, 4) is 0 Å². The summed E-state index contributed by atoms with van der Waals surface area (Å²) in [6.45, 7) is 5.29. The highest BCUT2D eigenvalue weighted by Crippen LogP contribution is 2.28. The molecule has 0 radical (unpaired) electrons. The highest BCUT2D eigenvalue weighted by molar-refractivity contribution is 8.00. The van der Waals surface area contributed by atoms with E-state index < -0.39 is 16.5 Å². The van der Waals surface area contributed by atoms with Crippen LogP contribution in [0.25, 0.3) is 0 Å². The highest BCUT2D eigenvalue weighted by Gasteiger charge is 2.20. The van der Waals surface area contributed by atoms with Gasteiger partial charge < -0.3 is 10.1 Å². The van der Waals surface area contributed by atoms with E-state index in [1.54, 1.807) is 27.8 Å². The molecular formula is C12H17N3O4S. The van der Waals surface area contributed by atoms with Crippen molar-refractivity contribution in [3.63, 3.8) is 0 Å². The number of aromatic nitrogens is 1. The van der Waals surface area contributed by atoms with E-state index in [0.717, 1.165) is 11.8 Å². The van der Waals surface area contributed by atoms with Gasteiger partial charge in [-0.3, -0.25) is 14.9 Å². The van der Waals surface area contributed by atoms with Gasteiger partial charge in [0.25, 0.3) is 0 Å². The molecule has 110 valence electrons. The van der Waals surface area contributed by atoms with E-state index in [2.05, 4.69) is 10.3 Å². The Bertz CT molecular complexity index is 514. The van der Waals surface area contributed by atoms with Gasteiger partial charge in [0, 0.05) is 13.1 Å². The maximum absolute atomic E-state index is 11.6. The number of anilines is 1. The van der Waals surface area contributed by atoms with Crippen LogP contribution in [0.4, 0.5) is 11.5 Å². The van der Waals surface area contributed by atoms with Crippen molar-refractivity contribution in [1.82, 2.24) is 4.98 Å². The normalized spacial score (nSPS) is 11.0. The van der Waals surface area contributed by atoms with Gasteiger partial charge in [-0.05, 0) is 26.8 Å². The second-order valence-corrected chi connectivity index (χ2v) is 5.87. The summed E-state index contributed by atoms with van der Waals surface area (Å²) in [6, 6.07) is 2.87. The Morgan fingerprint density at radius 3 is 2.65 bits per heavy atom. The van der Waals surface area contributed by atoms with Gasteiger partial charge in [-0.15, -0.1) is 0 Å². The number of hydrogen-bond donors (Lipinski definition) is 1. The van der Waals surface area contributed by atoms with Gasteiger partial charge in [0.2, 0.25) is 0 Å². The zero-order valence-electron chi connectivity index (χ0n) is 11.8. The minimum Gasteiger partial charge on any atom is -0.459 e. The summed E-state index contributed by atoms with van der Waals surface area (Å²) in [5, 5.41) is 13.9. The number of esters is 1. The first-order valence-electron chi connectivity index (χ1n) is 5.91. The van der Waals surface area contributed by atoms with Crippen LogP contribution in [0.3, 0.4) is 0 Å². The van der Waals surface area contributed by atoms with Crippen LogP contribution in [-0.4, -0.2) is 34.3 Å². The number of carbonyl (C=O) groups excluding carboxylic acids is 1. The Kier molecular flexibility index (Phi) is 5.32. The fraction of sp³-hybridized carbons (Fsp3) is 0.500. The van der Waals surface area contributed by atoms with Crippen LogP contribution in [-0.2, 0) is 9.53 Å². The van der Waals surface area contributed by atoms with Crippen molar-refractivity contribution >= 4 is 29.2 Å². The first kappa shape index (κ1) is 16.2. The molecule has 1 aromatic heterocycles. The molecule has 0 unspecified atom stereocenters. The van der Waals surface area contributed by atoms with E-state index in [1.807, 2.05) is 0 Å². The SMILES string of the molecule is CNc1ccc([N+](=O)[O-])c(SCC(=O)OC(C)(C)C)n1. The Labute approximate surface area is 121 Å². The lowest BCUT2D eigenvalue weighted by Gasteiger charge is -2.19. The van der Waals surface area contributed by atoms with E-state index in [0.29, 0.717) is 5.82 Å². The third-order valence-electron chi connectivity index (χ3n) is 2.04. The van der Waals surface area contributed by atoms with Gasteiger partial charge in [-0.25, -0.2) is 4.98 Å². The van der Waals surface area contributed by atoms with Gasteiger partial charge >= 0.3 is 11.7 Å². The predicted octanol–water partition coefficient (Wildman–Crippen LogP) is 2.47. The van der Waals surface area contributed by atoms with E-state index in [-0.39, 0.29) is 16.5 Å². The molecule has 0 fully saturated rings. The minimum atomic E-state index is -0.580. The van der Waals surface area contributed by atoms with E-state index >= 15 is 0 Å². The monoisotopic (exact) mass is 299 g/mol. The number of thioether (sulfide) groups is 1. The second kappa shape index (κ2) is 6.56. The van der Waals surface area contributed by atoms with E-state index in [1.165, 1.54) is 12.1 Å². The standard InChI is InChI=1S/C12H17N3O4S/c1-12(2,3)19-10(16)7-20-11-8(15(17)18)5-6-9(13-4)14-11/h5-6H,7H2,1-4H3,(H,13,14). The van der Waals surface area contributed by atoms with Crippen LogP contribution < -0.4 is 5.32 Å². The zero-order chi connectivity index (χ0) is 15.3. The number of rotatable bonds is 5. The Morgan fingerprint density at radius 1 is 1.50 bits per heavy atom. The molecule has 8 heteroatoms. The predicted molar refractivity (Wildman–Crippen MR) is 77.0 cm³/mol.